The molecule has 0 aliphatic carbocycles. The molecule has 1 unspecified atom stereocenters. The van der Waals surface area contributed by atoms with E-state index in [0.29, 0.717) is 11.4 Å². The molecule has 3 rings (SSSR count). The lowest BCUT2D eigenvalue weighted by molar-refractivity contribution is 0.0930. The number of benzene rings is 2. The van der Waals surface area contributed by atoms with Crippen molar-refractivity contribution >= 4 is 5.91 Å². The standard InChI is InChI=1S/C19H18FN3O/c1-2-16(13-6-4-3-5-7-13)21-19(24)18-12-17(22-23-18)14-8-10-15(20)11-9-14/h3-12,16H,2H2,1H3,(H,21,24)(H,22,23). The highest BCUT2D eigenvalue weighted by molar-refractivity contribution is 5.93. The number of hydrogen-bond donors (Lipinski definition) is 2. The van der Waals surface area contributed by atoms with Gasteiger partial charge in [-0.25, -0.2) is 4.39 Å². The number of halogens is 1. The number of aromatic nitrogens is 2. The summed E-state index contributed by atoms with van der Waals surface area (Å²) in [5.41, 5.74) is 2.80. The molecule has 24 heavy (non-hydrogen) atoms. The molecule has 2 N–H and O–H groups in total. The third-order valence-electron chi connectivity index (χ3n) is 3.88. The van der Waals surface area contributed by atoms with Crippen molar-refractivity contribution in [1.29, 1.82) is 0 Å². The van der Waals surface area contributed by atoms with Crippen LogP contribution in [0.5, 0.6) is 0 Å². The second kappa shape index (κ2) is 7.08. The molecule has 1 amide bonds. The topological polar surface area (TPSA) is 57.8 Å². The first kappa shape index (κ1) is 15.9. The minimum atomic E-state index is -0.305. The van der Waals surface area contributed by atoms with E-state index in [-0.39, 0.29) is 17.8 Å². The maximum atomic E-state index is 13.0. The van der Waals surface area contributed by atoms with Gasteiger partial charge in [0, 0.05) is 5.56 Å². The summed E-state index contributed by atoms with van der Waals surface area (Å²) >= 11 is 0. The first-order valence-electron chi connectivity index (χ1n) is 7.84. The molecule has 4 nitrogen and oxygen atoms in total. The van der Waals surface area contributed by atoms with Crippen molar-refractivity contribution < 1.29 is 9.18 Å². The summed E-state index contributed by atoms with van der Waals surface area (Å²) in [5.74, 6) is -0.521. The van der Waals surface area contributed by atoms with Gasteiger partial charge < -0.3 is 5.32 Å². The van der Waals surface area contributed by atoms with Crippen LogP contribution in [-0.4, -0.2) is 16.1 Å². The third-order valence-corrected chi connectivity index (χ3v) is 3.88. The van der Waals surface area contributed by atoms with Gasteiger partial charge in [-0.05, 0) is 42.3 Å². The van der Waals surface area contributed by atoms with Crippen molar-refractivity contribution in [2.45, 2.75) is 19.4 Å². The molecule has 0 aliphatic rings. The molecule has 1 heterocycles. The van der Waals surface area contributed by atoms with Gasteiger partial charge in [-0.1, -0.05) is 37.3 Å². The summed E-state index contributed by atoms with van der Waals surface area (Å²) in [7, 11) is 0. The van der Waals surface area contributed by atoms with Crippen LogP contribution in [0.25, 0.3) is 11.3 Å². The lowest BCUT2D eigenvalue weighted by atomic mass is 10.0. The number of nitrogens with one attached hydrogen (secondary N) is 2. The number of nitrogens with zero attached hydrogens (tertiary/aromatic N) is 1. The smallest absolute Gasteiger partial charge is 0.269 e. The normalized spacial score (nSPS) is 11.9. The molecular weight excluding hydrogens is 305 g/mol. The quantitative estimate of drug-likeness (QED) is 0.743. The highest BCUT2D eigenvalue weighted by atomic mass is 19.1. The van der Waals surface area contributed by atoms with E-state index in [0.717, 1.165) is 17.5 Å². The molecule has 1 atom stereocenters. The van der Waals surface area contributed by atoms with Crippen molar-refractivity contribution in [3.05, 3.63) is 77.7 Å². The summed E-state index contributed by atoms with van der Waals surface area (Å²) in [5, 5.41) is 9.88. The van der Waals surface area contributed by atoms with Crippen LogP contribution in [0, 0.1) is 5.82 Å². The van der Waals surface area contributed by atoms with Crippen molar-refractivity contribution in [2.24, 2.45) is 0 Å². The van der Waals surface area contributed by atoms with Gasteiger partial charge in [0.15, 0.2) is 0 Å². The minimum Gasteiger partial charge on any atom is -0.344 e. The van der Waals surface area contributed by atoms with E-state index in [1.54, 1.807) is 18.2 Å². The summed E-state index contributed by atoms with van der Waals surface area (Å²) in [6.45, 7) is 2.02. The molecule has 2 aromatic carbocycles. The Hall–Kier alpha value is -2.95. The summed E-state index contributed by atoms with van der Waals surface area (Å²) in [6, 6.07) is 17.4. The van der Waals surface area contributed by atoms with Crippen LogP contribution in [0.15, 0.2) is 60.7 Å². The van der Waals surface area contributed by atoms with Gasteiger partial charge in [0.2, 0.25) is 0 Å². The maximum absolute atomic E-state index is 13.0. The number of aromatic amines is 1. The summed E-state index contributed by atoms with van der Waals surface area (Å²) < 4.78 is 13.0. The minimum absolute atomic E-state index is 0.0590. The summed E-state index contributed by atoms with van der Waals surface area (Å²) in [4.78, 5) is 12.4. The van der Waals surface area contributed by atoms with Crippen molar-refractivity contribution in [1.82, 2.24) is 15.5 Å². The van der Waals surface area contributed by atoms with E-state index in [2.05, 4.69) is 15.5 Å². The van der Waals surface area contributed by atoms with Gasteiger partial charge in [0.05, 0.1) is 11.7 Å². The number of hydrogen-bond acceptors (Lipinski definition) is 2. The van der Waals surface area contributed by atoms with Crippen LogP contribution in [0.4, 0.5) is 4.39 Å². The zero-order chi connectivity index (χ0) is 16.9. The highest BCUT2D eigenvalue weighted by Gasteiger charge is 2.16. The van der Waals surface area contributed by atoms with Crippen molar-refractivity contribution in [3.8, 4) is 11.3 Å². The van der Waals surface area contributed by atoms with Gasteiger partial charge in [-0.3, -0.25) is 9.89 Å². The van der Waals surface area contributed by atoms with Gasteiger partial charge in [-0.15, -0.1) is 0 Å². The Bertz CT molecular complexity index is 812. The highest BCUT2D eigenvalue weighted by Crippen LogP contribution is 2.20. The Balaban J connectivity index is 1.75. The van der Waals surface area contributed by atoms with E-state index in [1.807, 2.05) is 37.3 Å². The molecule has 0 fully saturated rings. The van der Waals surface area contributed by atoms with Crippen LogP contribution < -0.4 is 5.32 Å². The van der Waals surface area contributed by atoms with Gasteiger partial charge in [0.25, 0.3) is 5.91 Å². The van der Waals surface area contributed by atoms with Crippen molar-refractivity contribution in [2.75, 3.05) is 0 Å². The van der Waals surface area contributed by atoms with E-state index in [9.17, 15) is 9.18 Å². The van der Waals surface area contributed by atoms with Crippen molar-refractivity contribution in [3.63, 3.8) is 0 Å². The average molecular weight is 323 g/mol. The SMILES string of the molecule is CCC(NC(=O)c1cc(-c2ccc(F)cc2)n[nH]1)c1ccccc1. The summed E-state index contributed by atoms with van der Waals surface area (Å²) in [6.07, 6.45) is 0.786. The molecule has 5 heteroatoms. The Morgan fingerprint density at radius 2 is 1.88 bits per heavy atom. The molecule has 0 radical (unpaired) electrons. The van der Waals surface area contributed by atoms with E-state index >= 15 is 0 Å². The van der Waals surface area contributed by atoms with Gasteiger partial charge in [-0.2, -0.15) is 5.10 Å². The fourth-order valence-electron chi connectivity index (χ4n) is 2.55. The predicted molar refractivity (Wildman–Crippen MR) is 90.9 cm³/mol. The molecule has 0 spiro atoms. The maximum Gasteiger partial charge on any atom is 0.269 e. The molecule has 0 bridgehead atoms. The zero-order valence-electron chi connectivity index (χ0n) is 13.3. The van der Waals surface area contributed by atoms with Gasteiger partial charge in [0.1, 0.15) is 11.5 Å². The molecule has 1 aromatic heterocycles. The van der Waals surface area contributed by atoms with Crippen LogP contribution in [-0.2, 0) is 0 Å². The molecule has 3 aromatic rings. The van der Waals surface area contributed by atoms with E-state index in [4.69, 9.17) is 0 Å². The second-order valence-electron chi connectivity index (χ2n) is 5.52. The Kier molecular flexibility index (Phi) is 4.70. The third kappa shape index (κ3) is 3.51. The zero-order valence-corrected chi connectivity index (χ0v) is 13.3. The fourth-order valence-corrected chi connectivity index (χ4v) is 2.55. The first-order chi connectivity index (χ1) is 11.7. The Morgan fingerprint density at radius 1 is 1.17 bits per heavy atom. The average Bonchev–Trinajstić information content (AvgIpc) is 3.11. The fraction of sp³-hybridized carbons (Fsp3) is 0.158. The lowest BCUT2D eigenvalue weighted by Gasteiger charge is -2.16. The predicted octanol–water partition coefficient (Wildman–Crippen LogP) is 4.10. The second-order valence-corrected chi connectivity index (χ2v) is 5.52. The number of carbonyl (C=O) groups is 1. The molecular formula is C19H18FN3O. The van der Waals surface area contributed by atoms with Crippen LogP contribution in [0.3, 0.4) is 0 Å². The number of amides is 1. The first-order valence-corrected chi connectivity index (χ1v) is 7.84. The van der Waals surface area contributed by atoms with Crippen LogP contribution in [0.2, 0.25) is 0 Å². The number of rotatable bonds is 5. The Morgan fingerprint density at radius 3 is 2.54 bits per heavy atom. The lowest BCUT2D eigenvalue weighted by Crippen LogP contribution is -2.28. The largest absolute Gasteiger partial charge is 0.344 e. The van der Waals surface area contributed by atoms with E-state index in [1.165, 1.54) is 12.1 Å². The van der Waals surface area contributed by atoms with E-state index < -0.39 is 0 Å². The Labute approximate surface area is 139 Å². The monoisotopic (exact) mass is 323 g/mol. The van der Waals surface area contributed by atoms with Crippen LogP contribution in [0.1, 0.15) is 35.4 Å². The van der Waals surface area contributed by atoms with Crippen LogP contribution >= 0.6 is 0 Å². The molecule has 0 saturated heterocycles. The number of H-pyrrole nitrogens is 1. The van der Waals surface area contributed by atoms with Gasteiger partial charge >= 0.3 is 0 Å². The molecule has 122 valence electrons. The molecule has 0 saturated carbocycles. The molecule has 0 aliphatic heterocycles. The number of carbonyl (C=O) groups excluding carboxylic acids is 1.